The third kappa shape index (κ3) is 7.06. The van der Waals surface area contributed by atoms with Crippen LogP contribution in [0.2, 0.25) is 0 Å². The van der Waals surface area contributed by atoms with Gasteiger partial charge in [0.05, 0.1) is 0 Å². The number of carboxylic acid groups (broad SMARTS) is 1. The minimum Gasteiger partial charge on any atom is -0.481 e. The SMILES string of the molecule is O=C(O)CCCc1ccc(N(CCCl)CCCl)cc1.S=P(N1CC1)(N1CC1)N1CC1. The molecule has 3 aliphatic heterocycles. The summed E-state index contributed by atoms with van der Waals surface area (Å²) in [5.74, 6) is 0.390. The molecule has 0 bridgehead atoms. The number of hydrogen-bond donors (Lipinski definition) is 1. The molecular weight excluding hydrogens is 462 g/mol. The number of halogens is 2. The van der Waals surface area contributed by atoms with E-state index in [1.807, 2.05) is 24.3 Å². The Morgan fingerprint density at radius 1 is 0.967 bits per heavy atom. The van der Waals surface area contributed by atoms with Gasteiger partial charge in [-0.15, -0.1) is 23.2 Å². The minimum absolute atomic E-state index is 0.215. The van der Waals surface area contributed by atoms with Gasteiger partial charge in [0.25, 0.3) is 0 Å². The molecule has 30 heavy (non-hydrogen) atoms. The molecule has 0 saturated carbocycles. The molecule has 0 aliphatic carbocycles. The van der Waals surface area contributed by atoms with Crippen LogP contribution in [0.5, 0.6) is 0 Å². The van der Waals surface area contributed by atoms with E-state index in [2.05, 4.69) is 18.9 Å². The van der Waals surface area contributed by atoms with Gasteiger partial charge in [0.1, 0.15) is 6.49 Å². The lowest BCUT2D eigenvalue weighted by Crippen LogP contribution is -2.27. The maximum absolute atomic E-state index is 10.4. The predicted octanol–water partition coefficient (Wildman–Crippen LogP) is 3.54. The van der Waals surface area contributed by atoms with Crippen LogP contribution in [0, 0.1) is 0 Å². The quantitative estimate of drug-likeness (QED) is 0.272. The van der Waals surface area contributed by atoms with Crippen molar-refractivity contribution in [2.75, 3.05) is 69.0 Å². The molecule has 3 saturated heterocycles. The Balaban J connectivity index is 0.000000193. The molecule has 0 spiro atoms. The summed E-state index contributed by atoms with van der Waals surface area (Å²) >= 11 is 17.3. The molecule has 3 fully saturated rings. The van der Waals surface area contributed by atoms with Crippen molar-refractivity contribution in [3.63, 3.8) is 0 Å². The van der Waals surface area contributed by atoms with Crippen LogP contribution in [0.1, 0.15) is 18.4 Å². The van der Waals surface area contributed by atoms with E-state index in [1.54, 1.807) is 0 Å². The van der Waals surface area contributed by atoms with Crippen LogP contribution in [0.4, 0.5) is 5.69 Å². The lowest BCUT2D eigenvalue weighted by atomic mass is 10.1. The third-order valence-electron chi connectivity index (χ3n) is 5.24. The molecule has 3 aliphatic rings. The fraction of sp³-hybridized carbons (Fsp3) is 0.650. The molecule has 168 valence electrons. The zero-order valence-electron chi connectivity index (χ0n) is 17.3. The van der Waals surface area contributed by atoms with Crippen molar-refractivity contribution < 1.29 is 9.90 Å². The lowest BCUT2D eigenvalue weighted by Gasteiger charge is -2.25. The summed E-state index contributed by atoms with van der Waals surface area (Å²) in [7, 11) is 0. The van der Waals surface area contributed by atoms with Gasteiger partial charge in [-0.2, -0.15) is 0 Å². The first-order valence-electron chi connectivity index (χ1n) is 10.5. The van der Waals surface area contributed by atoms with Gasteiger partial charge in [-0.3, -0.25) is 4.79 Å². The van der Waals surface area contributed by atoms with Crippen molar-refractivity contribution in [1.29, 1.82) is 0 Å². The number of aryl methyl sites for hydroxylation is 1. The van der Waals surface area contributed by atoms with Crippen LogP contribution < -0.4 is 4.90 Å². The summed E-state index contributed by atoms with van der Waals surface area (Å²) in [6, 6.07) is 8.14. The normalized spacial score (nSPS) is 18.5. The predicted molar refractivity (Wildman–Crippen MR) is 130 cm³/mol. The molecule has 6 nitrogen and oxygen atoms in total. The van der Waals surface area contributed by atoms with Gasteiger partial charge in [-0.05, 0) is 42.3 Å². The second-order valence-corrected chi connectivity index (χ2v) is 12.6. The van der Waals surface area contributed by atoms with Crippen LogP contribution in [0.3, 0.4) is 0 Å². The second kappa shape index (κ2) is 11.5. The van der Waals surface area contributed by atoms with Crippen LogP contribution in [-0.4, -0.2) is 89.2 Å². The number of anilines is 1. The van der Waals surface area contributed by atoms with Gasteiger partial charge in [0, 0.05) is 76.2 Å². The first-order valence-corrected chi connectivity index (χ1v) is 14.3. The second-order valence-electron chi connectivity index (χ2n) is 7.65. The minimum atomic E-state index is -1.27. The van der Waals surface area contributed by atoms with Gasteiger partial charge < -0.3 is 10.0 Å². The largest absolute Gasteiger partial charge is 0.481 e. The van der Waals surface area contributed by atoms with Crippen molar-refractivity contribution in [2.24, 2.45) is 0 Å². The Hall–Kier alpha value is -0.400. The molecule has 0 unspecified atom stereocenters. The average molecular weight is 493 g/mol. The number of benzene rings is 1. The van der Waals surface area contributed by atoms with E-state index in [0.717, 1.165) is 30.8 Å². The van der Waals surface area contributed by atoms with Gasteiger partial charge in [0.15, 0.2) is 0 Å². The maximum Gasteiger partial charge on any atom is 0.303 e. The zero-order valence-corrected chi connectivity index (χ0v) is 20.5. The fourth-order valence-corrected chi connectivity index (χ4v) is 8.13. The molecule has 1 N–H and O–H groups in total. The molecule has 1 aromatic carbocycles. The molecule has 1 aromatic rings. The molecule has 0 radical (unpaired) electrons. The molecule has 0 aromatic heterocycles. The fourth-order valence-electron chi connectivity index (χ4n) is 3.34. The van der Waals surface area contributed by atoms with Crippen LogP contribution >= 0.6 is 29.7 Å². The highest BCUT2D eigenvalue weighted by Gasteiger charge is 2.50. The van der Waals surface area contributed by atoms with Crippen molar-refractivity contribution in [3.8, 4) is 0 Å². The zero-order chi connectivity index (χ0) is 21.6. The Morgan fingerprint density at radius 2 is 1.43 bits per heavy atom. The smallest absolute Gasteiger partial charge is 0.303 e. The van der Waals surface area contributed by atoms with Crippen molar-refractivity contribution in [2.45, 2.75) is 19.3 Å². The monoisotopic (exact) mass is 492 g/mol. The number of carbonyl (C=O) groups is 1. The molecule has 10 heteroatoms. The molecule has 3 heterocycles. The Labute approximate surface area is 194 Å². The summed E-state index contributed by atoms with van der Waals surface area (Å²) < 4.78 is 7.47. The number of rotatable bonds is 12. The first-order chi connectivity index (χ1) is 14.5. The highest BCUT2D eigenvalue weighted by molar-refractivity contribution is 8.11. The van der Waals surface area contributed by atoms with Crippen molar-refractivity contribution >= 4 is 53.2 Å². The molecule has 4 rings (SSSR count). The molecular formula is C20H31Cl2N4O2PS. The van der Waals surface area contributed by atoms with E-state index in [1.165, 1.54) is 39.3 Å². The molecule has 0 atom stereocenters. The Morgan fingerprint density at radius 3 is 1.80 bits per heavy atom. The van der Waals surface area contributed by atoms with Crippen LogP contribution in [0.25, 0.3) is 0 Å². The van der Waals surface area contributed by atoms with Gasteiger partial charge >= 0.3 is 5.97 Å². The van der Waals surface area contributed by atoms with Crippen molar-refractivity contribution in [1.82, 2.24) is 14.0 Å². The van der Waals surface area contributed by atoms with E-state index in [0.29, 0.717) is 18.2 Å². The number of carboxylic acids is 1. The molecule has 0 amide bonds. The van der Waals surface area contributed by atoms with Crippen LogP contribution in [-0.2, 0) is 23.0 Å². The first kappa shape index (κ1) is 24.2. The summed E-state index contributed by atoms with van der Waals surface area (Å²) in [5.41, 5.74) is 2.25. The van der Waals surface area contributed by atoms with Crippen molar-refractivity contribution in [3.05, 3.63) is 29.8 Å². The summed E-state index contributed by atoms with van der Waals surface area (Å²) in [4.78, 5) is 12.6. The number of hydrogen-bond acceptors (Lipinski definition) is 3. The summed E-state index contributed by atoms with van der Waals surface area (Å²) in [5, 5.41) is 8.59. The standard InChI is InChI=1S/C14H19Cl2NO2.C6H12N3PS/c15-8-10-17(11-9-16)13-6-4-12(5-7-13)2-1-3-14(18)19;11-10(7-1-2-7,8-3-4-8)9-5-6-9/h4-7H,1-3,8-11H2,(H,18,19);1-6H2. The van der Waals surface area contributed by atoms with Crippen LogP contribution in [0.15, 0.2) is 24.3 Å². The van der Waals surface area contributed by atoms with E-state index < -0.39 is 12.5 Å². The number of alkyl halides is 2. The highest BCUT2D eigenvalue weighted by atomic mass is 35.5. The topological polar surface area (TPSA) is 49.6 Å². The number of aliphatic carboxylic acids is 1. The lowest BCUT2D eigenvalue weighted by molar-refractivity contribution is -0.137. The van der Waals surface area contributed by atoms with Gasteiger partial charge in [0.2, 0.25) is 0 Å². The highest BCUT2D eigenvalue weighted by Crippen LogP contribution is 2.65. The van der Waals surface area contributed by atoms with E-state index in [9.17, 15) is 4.79 Å². The Kier molecular flexibility index (Phi) is 9.26. The van der Waals surface area contributed by atoms with E-state index in [4.69, 9.17) is 40.1 Å². The van der Waals surface area contributed by atoms with E-state index in [-0.39, 0.29) is 6.42 Å². The Bertz CT molecular complexity index is 699. The summed E-state index contributed by atoms with van der Waals surface area (Å²) in [6.45, 7) is 7.80. The average Bonchev–Trinajstić information content (AvgIpc) is 3.61. The van der Waals surface area contributed by atoms with E-state index >= 15 is 0 Å². The maximum atomic E-state index is 10.4. The third-order valence-corrected chi connectivity index (χ3v) is 11.1. The van der Waals surface area contributed by atoms with Gasteiger partial charge in [-0.25, -0.2) is 14.0 Å². The van der Waals surface area contributed by atoms with Gasteiger partial charge in [-0.1, -0.05) is 12.1 Å². The summed E-state index contributed by atoms with van der Waals surface area (Å²) in [6.07, 6.45) is 1.67. The number of nitrogens with zero attached hydrogens (tertiary/aromatic N) is 4.